The fourth-order valence-electron chi connectivity index (χ4n) is 1.57. The highest BCUT2D eigenvalue weighted by Crippen LogP contribution is 2.23. The molecule has 1 aromatic heterocycles. The summed E-state index contributed by atoms with van der Waals surface area (Å²) in [6, 6.07) is 4.91. The van der Waals surface area contributed by atoms with Crippen molar-refractivity contribution in [2.45, 2.75) is 6.92 Å². The van der Waals surface area contributed by atoms with Crippen LogP contribution in [0.1, 0.15) is 15.9 Å². The van der Waals surface area contributed by atoms with Crippen LogP contribution in [0.15, 0.2) is 30.6 Å². The van der Waals surface area contributed by atoms with Gasteiger partial charge < -0.3 is 10.2 Å². The van der Waals surface area contributed by atoms with Crippen LogP contribution in [0.4, 0.5) is 0 Å². The fourth-order valence-corrected chi connectivity index (χ4v) is 1.57. The number of hydrogen-bond acceptors (Lipinski definition) is 4. The van der Waals surface area contributed by atoms with Gasteiger partial charge in [0.05, 0.1) is 18.0 Å². The van der Waals surface area contributed by atoms with Crippen LogP contribution in [-0.4, -0.2) is 26.2 Å². The van der Waals surface area contributed by atoms with Crippen molar-refractivity contribution >= 4 is 5.97 Å². The lowest BCUT2D eigenvalue weighted by molar-refractivity contribution is 0.0696. The monoisotopic (exact) mass is 230 g/mol. The third-order valence-corrected chi connectivity index (χ3v) is 2.44. The predicted octanol–water partition coefficient (Wildman–Crippen LogP) is 1.86. The van der Waals surface area contributed by atoms with Crippen LogP contribution in [0.2, 0.25) is 0 Å². The molecule has 2 aromatic rings. The third kappa shape index (κ3) is 2.08. The summed E-state index contributed by atoms with van der Waals surface area (Å²) in [6.07, 6.45) is 2.55. The van der Waals surface area contributed by atoms with Crippen LogP contribution in [0.25, 0.3) is 11.4 Å². The summed E-state index contributed by atoms with van der Waals surface area (Å²) in [5, 5.41) is 18.1. The lowest BCUT2D eigenvalue weighted by Gasteiger charge is -2.06. The maximum atomic E-state index is 11.0. The van der Waals surface area contributed by atoms with Crippen LogP contribution >= 0.6 is 0 Å². The van der Waals surface area contributed by atoms with E-state index in [9.17, 15) is 4.79 Å². The first kappa shape index (κ1) is 11.1. The molecule has 17 heavy (non-hydrogen) atoms. The number of carbonyl (C=O) groups is 1. The van der Waals surface area contributed by atoms with Gasteiger partial charge in [-0.2, -0.15) is 0 Å². The summed E-state index contributed by atoms with van der Waals surface area (Å²) < 4.78 is 0. The van der Waals surface area contributed by atoms with E-state index in [0.717, 1.165) is 0 Å². The Morgan fingerprint density at radius 2 is 1.88 bits per heavy atom. The largest absolute Gasteiger partial charge is 0.505 e. The van der Waals surface area contributed by atoms with Crippen LogP contribution in [-0.2, 0) is 0 Å². The molecule has 5 heteroatoms. The van der Waals surface area contributed by atoms with Gasteiger partial charge in [0.1, 0.15) is 0 Å². The third-order valence-electron chi connectivity index (χ3n) is 2.44. The molecule has 0 spiro atoms. The minimum absolute atomic E-state index is 0.0270. The van der Waals surface area contributed by atoms with Crippen molar-refractivity contribution in [2.75, 3.05) is 0 Å². The lowest BCUT2D eigenvalue weighted by Crippen LogP contribution is -2.01. The summed E-state index contributed by atoms with van der Waals surface area (Å²) >= 11 is 0. The van der Waals surface area contributed by atoms with Crippen LogP contribution in [0.3, 0.4) is 0 Å². The molecule has 86 valence electrons. The van der Waals surface area contributed by atoms with Gasteiger partial charge in [0, 0.05) is 5.56 Å². The Labute approximate surface area is 97.4 Å². The molecule has 0 aliphatic heterocycles. The van der Waals surface area contributed by atoms with E-state index in [2.05, 4.69) is 9.97 Å². The number of carboxylic acids is 1. The number of aromatic carboxylic acids is 1. The molecule has 0 amide bonds. The minimum atomic E-state index is -0.983. The van der Waals surface area contributed by atoms with Crippen molar-refractivity contribution in [2.24, 2.45) is 0 Å². The molecule has 0 bridgehead atoms. The zero-order valence-corrected chi connectivity index (χ0v) is 9.08. The van der Waals surface area contributed by atoms with E-state index in [1.807, 2.05) is 0 Å². The number of nitrogens with zero attached hydrogens (tertiary/aromatic N) is 2. The van der Waals surface area contributed by atoms with Crippen LogP contribution < -0.4 is 0 Å². The molecule has 2 rings (SSSR count). The van der Waals surface area contributed by atoms with Gasteiger partial charge in [0.15, 0.2) is 11.6 Å². The number of aromatic nitrogens is 2. The molecule has 0 aliphatic carbocycles. The first-order valence-electron chi connectivity index (χ1n) is 4.94. The van der Waals surface area contributed by atoms with Gasteiger partial charge in [0.2, 0.25) is 0 Å². The van der Waals surface area contributed by atoms with Crippen molar-refractivity contribution in [3.8, 4) is 17.1 Å². The van der Waals surface area contributed by atoms with Gasteiger partial charge in [0.25, 0.3) is 0 Å². The van der Waals surface area contributed by atoms with E-state index in [4.69, 9.17) is 10.2 Å². The number of aromatic hydroxyl groups is 1. The highest BCUT2D eigenvalue weighted by molar-refractivity contribution is 5.91. The summed E-state index contributed by atoms with van der Waals surface area (Å²) in [6.45, 7) is 1.70. The van der Waals surface area contributed by atoms with Gasteiger partial charge >= 0.3 is 5.97 Å². The molecule has 0 aliphatic rings. The van der Waals surface area contributed by atoms with Crippen molar-refractivity contribution in [3.63, 3.8) is 0 Å². The Morgan fingerprint density at radius 3 is 2.47 bits per heavy atom. The molecule has 0 radical (unpaired) electrons. The van der Waals surface area contributed by atoms with Crippen molar-refractivity contribution in [1.29, 1.82) is 0 Å². The number of hydrogen-bond donors (Lipinski definition) is 2. The predicted molar refractivity (Wildman–Crippen MR) is 60.8 cm³/mol. The molecular formula is C12H10N2O3. The van der Waals surface area contributed by atoms with Gasteiger partial charge in [-0.25, -0.2) is 14.8 Å². The molecule has 2 N–H and O–H groups in total. The maximum Gasteiger partial charge on any atom is 0.335 e. The number of benzene rings is 1. The second kappa shape index (κ2) is 4.21. The van der Waals surface area contributed by atoms with Crippen molar-refractivity contribution in [1.82, 2.24) is 9.97 Å². The summed E-state index contributed by atoms with van der Waals surface area (Å²) in [5.41, 5.74) is 1.47. The second-order valence-corrected chi connectivity index (χ2v) is 3.55. The Bertz CT molecular complexity index is 564. The van der Waals surface area contributed by atoms with Gasteiger partial charge in [-0.1, -0.05) is 12.1 Å². The summed E-state index contributed by atoms with van der Waals surface area (Å²) in [7, 11) is 0. The van der Waals surface area contributed by atoms with E-state index in [1.54, 1.807) is 19.1 Å². The average molecular weight is 230 g/mol. The zero-order chi connectivity index (χ0) is 12.4. The van der Waals surface area contributed by atoms with E-state index < -0.39 is 5.97 Å². The van der Waals surface area contributed by atoms with Gasteiger partial charge in [-0.15, -0.1) is 0 Å². The van der Waals surface area contributed by atoms with E-state index in [-0.39, 0.29) is 11.3 Å². The number of rotatable bonds is 2. The molecule has 0 unspecified atom stereocenters. The smallest absolute Gasteiger partial charge is 0.335 e. The van der Waals surface area contributed by atoms with Crippen LogP contribution in [0.5, 0.6) is 5.75 Å². The van der Waals surface area contributed by atoms with Crippen molar-refractivity contribution in [3.05, 3.63) is 41.7 Å². The molecule has 1 aromatic carbocycles. The molecule has 0 fully saturated rings. The van der Waals surface area contributed by atoms with E-state index in [1.165, 1.54) is 18.5 Å². The van der Waals surface area contributed by atoms with E-state index >= 15 is 0 Å². The van der Waals surface area contributed by atoms with Gasteiger partial charge in [-0.05, 0) is 18.6 Å². The lowest BCUT2D eigenvalue weighted by atomic mass is 10.0. The SMILES string of the molecule is Cc1c(C(=O)O)cccc1-c1ncc(O)cn1. The summed E-state index contributed by atoms with van der Waals surface area (Å²) in [4.78, 5) is 18.9. The topological polar surface area (TPSA) is 83.3 Å². The molecule has 5 nitrogen and oxygen atoms in total. The Morgan fingerprint density at radius 1 is 1.24 bits per heavy atom. The quantitative estimate of drug-likeness (QED) is 0.822. The Balaban J connectivity index is 2.56. The molecule has 0 atom stereocenters. The zero-order valence-electron chi connectivity index (χ0n) is 9.08. The minimum Gasteiger partial charge on any atom is -0.505 e. The molecule has 0 saturated carbocycles. The first-order valence-corrected chi connectivity index (χ1v) is 4.94. The highest BCUT2D eigenvalue weighted by Gasteiger charge is 2.12. The summed E-state index contributed by atoms with van der Waals surface area (Å²) in [5.74, 6) is -0.618. The van der Waals surface area contributed by atoms with Gasteiger partial charge in [-0.3, -0.25) is 0 Å². The normalized spacial score (nSPS) is 10.2. The standard InChI is InChI=1S/C12H10N2O3/c1-7-9(3-2-4-10(7)12(16)17)11-13-5-8(15)6-14-11/h2-6,15H,1H3,(H,16,17). The van der Waals surface area contributed by atoms with E-state index in [0.29, 0.717) is 17.0 Å². The van der Waals surface area contributed by atoms with Crippen molar-refractivity contribution < 1.29 is 15.0 Å². The Kier molecular flexibility index (Phi) is 2.74. The highest BCUT2D eigenvalue weighted by atomic mass is 16.4. The van der Waals surface area contributed by atoms with Crippen LogP contribution in [0, 0.1) is 6.92 Å². The molecule has 1 heterocycles. The average Bonchev–Trinajstić information content (AvgIpc) is 2.30. The number of carboxylic acid groups (broad SMARTS) is 1. The second-order valence-electron chi connectivity index (χ2n) is 3.55. The molecular weight excluding hydrogens is 220 g/mol. The molecule has 0 saturated heterocycles. The Hall–Kier alpha value is -2.43. The first-order chi connectivity index (χ1) is 8.09. The maximum absolute atomic E-state index is 11.0. The fraction of sp³-hybridized carbons (Fsp3) is 0.0833.